The summed E-state index contributed by atoms with van der Waals surface area (Å²) >= 11 is 1.34. The SMILES string of the molecule is COc1ccc(-c2nnc(COC(=O)c3cc(C4CC4)nc(SC)c3C#N)o2)cc1. The van der Waals surface area contributed by atoms with Crippen LogP contribution in [0.4, 0.5) is 0 Å². The molecule has 30 heavy (non-hydrogen) atoms. The van der Waals surface area contributed by atoms with Gasteiger partial charge in [-0.3, -0.25) is 0 Å². The first kappa shape index (κ1) is 19.9. The van der Waals surface area contributed by atoms with Crippen LogP contribution in [-0.2, 0) is 11.3 Å². The maximum absolute atomic E-state index is 12.7. The molecule has 0 unspecified atom stereocenters. The lowest BCUT2D eigenvalue weighted by Gasteiger charge is -2.09. The number of pyridine rings is 1. The van der Waals surface area contributed by atoms with Crippen molar-refractivity contribution in [2.45, 2.75) is 30.4 Å². The highest BCUT2D eigenvalue weighted by Gasteiger charge is 2.29. The molecular weight excluding hydrogens is 404 g/mol. The van der Waals surface area contributed by atoms with Gasteiger partial charge in [0.05, 0.1) is 18.2 Å². The minimum atomic E-state index is -0.615. The summed E-state index contributed by atoms with van der Waals surface area (Å²) in [4.78, 5) is 17.2. The van der Waals surface area contributed by atoms with E-state index in [9.17, 15) is 10.1 Å². The van der Waals surface area contributed by atoms with Crippen LogP contribution < -0.4 is 4.74 Å². The van der Waals surface area contributed by atoms with Gasteiger partial charge in [-0.25, -0.2) is 9.78 Å². The Hall–Kier alpha value is -3.38. The number of esters is 1. The molecule has 1 aliphatic rings. The van der Waals surface area contributed by atoms with Gasteiger partial charge in [-0.1, -0.05) is 0 Å². The Morgan fingerprint density at radius 3 is 2.70 bits per heavy atom. The molecule has 1 aromatic carbocycles. The summed E-state index contributed by atoms with van der Waals surface area (Å²) in [7, 11) is 1.59. The van der Waals surface area contributed by atoms with Gasteiger partial charge in [0, 0.05) is 17.2 Å². The monoisotopic (exact) mass is 422 g/mol. The quantitative estimate of drug-likeness (QED) is 0.412. The molecule has 4 rings (SSSR count). The Bertz CT molecular complexity index is 1120. The smallest absolute Gasteiger partial charge is 0.340 e. The Labute approximate surface area is 177 Å². The predicted octanol–water partition coefficient (Wildman–Crippen LogP) is 3.97. The van der Waals surface area contributed by atoms with Crippen LogP contribution in [0.3, 0.4) is 0 Å². The number of nitriles is 1. The zero-order chi connectivity index (χ0) is 21.1. The van der Waals surface area contributed by atoms with Crippen LogP contribution in [0.15, 0.2) is 39.8 Å². The van der Waals surface area contributed by atoms with Gasteiger partial charge in [0.1, 0.15) is 16.8 Å². The fourth-order valence-corrected chi connectivity index (χ4v) is 3.47. The van der Waals surface area contributed by atoms with Gasteiger partial charge >= 0.3 is 5.97 Å². The first-order valence-electron chi connectivity index (χ1n) is 9.26. The molecule has 3 aromatic rings. The van der Waals surface area contributed by atoms with Crippen LogP contribution in [0.5, 0.6) is 5.75 Å². The molecule has 1 aliphatic carbocycles. The van der Waals surface area contributed by atoms with Gasteiger partial charge in [0.15, 0.2) is 6.61 Å². The van der Waals surface area contributed by atoms with E-state index in [-0.39, 0.29) is 23.6 Å². The largest absolute Gasteiger partial charge is 0.497 e. The van der Waals surface area contributed by atoms with Gasteiger partial charge in [-0.2, -0.15) is 5.26 Å². The number of rotatable bonds is 7. The van der Waals surface area contributed by atoms with E-state index >= 15 is 0 Å². The molecule has 0 N–H and O–H groups in total. The number of nitrogens with zero attached hydrogens (tertiary/aromatic N) is 4. The number of methoxy groups -OCH3 is 1. The molecule has 0 atom stereocenters. The molecule has 0 radical (unpaired) electrons. The van der Waals surface area contributed by atoms with E-state index in [1.807, 2.05) is 6.26 Å². The minimum absolute atomic E-state index is 0.161. The number of hydrogen-bond acceptors (Lipinski definition) is 9. The molecule has 1 saturated carbocycles. The first-order valence-corrected chi connectivity index (χ1v) is 10.5. The highest BCUT2D eigenvalue weighted by atomic mass is 32.2. The Kier molecular flexibility index (Phi) is 5.68. The van der Waals surface area contributed by atoms with Gasteiger partial charge in [0.2, 0.25) is 5.89 Å². The summed E-state index contributed by atoms with van der Waals surface area (Å²) in [5.41, 5.74) is 1.99. The van der Waals surface area contributed by atoms with Crippen LogP contribution in [-0.4, -0.2) is 34.5 Å². The molecule has 0 spiro atoms. The van der Waals surface area contributed by atoms with Gasteiger partial charge in [-0.15, -0.1) is 22.0 Å². The number of carbonyl (C=O) groups excluding carboxylic acids is 1. The average molecular weight is 422 g/mol. The third-order valence-corrected chi connectivity index (χ3v) is 5.34. The van der Waals surface area contributed by atoms with Crippen molar-refractivity contribution < 1.29 is 18.7 Å². The molecule has 8 nitrogen and oxygen atoms in total. The number of carbonyl (C=O) groups is 1. The Morgan fingerprint density at radius 2 is 2.07 bits per heavy atom. The highest BCUT2D eigenvalue weighted by Crippen LogP contribution is 2.40. The number of benzene rings is 1. The maximum atomic E-state index is 12.7. The number of hydrogen-bond donors (Lipinski definition) is 0. The summed E-state index contributed by atoms with van der Waals surface area (Å²) in [6.07, 6.45) is 3.91. The van der Waals surface area contributed by atoms with E-state index in [1.54, 1.807) is 37.4 Å². The second-order valence-corrected chi connectivity index (χ2v) is 7.47. The van der Waals surface area contributed by atoms with Crippen LogP contribution >= 0.6 is 11.8 Å². The van der Waals surface area contributed by atoms with E-state index in [2.05, 4.69) is 21.3 Å². The number of thioether (sulfide) groups is 1. The van der Waals surface area contributed by atoms with Crippen LogP contribution in [0.1, 0.15) is 46.3 Å². The Morgan fingerprint density at radius 1 is 1.30 bits per heavy atom. The summed E-state index contributed by atoms with van der Waals surface area (Å²) in [6, 6.07) is 10.9. The van der Waals surface area contributed by atoms with Crippen LogP contribution in [0, 0.1) is 11.3 Å². The first-order chi connectivity index (χ1) is 14.6. The normalized spacial score (nSPS) is 13.0. The van der Waals surface area contributed by atoms with E-state index in [1.165, 1.54) is 11.8 Å². The molecule has 152 valence electrons. The molecule has 1 fully saturated rings. The maximum Gasteiger partial charge on any atom is 0.340 e. The topological polar surface area (TPSA) is 111 Å². The van der Waals surface area contributed by atoms with Gasteiger partial charge in [0.25, 0.3) is 5.89 Å². The Balaban J connectivity index is 1.49. The summed E-state index contributed by atoms with van der Waals surface area (Å²) < 4.78 is 16.1. The van der Waals surface area contributed by atoms with Crippen molar-refractivity contribution in [1.29, 1.82) is 5.26 Å². The summed E-state index contributed by atoms with van der Waals surface area (Å²) in [5, 5.41) is 18.0. The second kappa shape index (κ2) is 8.55. The molecule has 2 heterocycles. The van der Waals surface area contributed by atoms with Crippen molar-refractivity contribution in [2.24, 2.45) is 0 Å². The van der Waals surface area contributed by atoms with E-state index < -0.39 is 5.97 Å². The van der Waals surface area contributed by atoms with Crippen molar-refractivity contribution in [3.05, 3.63) is 53.0 Å². The van der Waals surface area contributed by atoms with E-state index in [4.69, 9.17) is 13.9 Å². The standard InChI is InChI=1S/C21H18N4O4S/c1-27-14-7-5-13(6-8-14)19-25-24-18(29-19)11-28-21(26)15-9-17(12-3-4-12)23-20(30-2)16(15)10-22/h5-9,12H,3-4,11H2,1-2H3. The lowest BCUT2D eigenvalue weighted by molar-refractivity contribution is 0.0437. The van der Waals surface area contributed by atoms with Gasteiger partial charge < -0.3 is 13.9 Å². The predicted molar refractivity (Wildman–Crippen MR) is 108 cm³/mol. The molecule has 0 amide bonds. The summed E-state index contributed by atoms with van der Waals surface area (Å²) in [5.74, 6) is 0.919. The zero-order valence-corrected chi connectivity index (χ0v) is 17.2. The summed E-state index contributed by atoms with van der Waals surface area (Å²) in [6.45, 7) is -0.192. The number of ether oxygens (including phenoxy) is 2. The third kappa shape index (κ3) is 4.14. The molecule has 9 heteroatoms. The lowest BCUT2D eigenvalue weighted by atomic mass is 10.1. The van der Waals surface area contributed by atoms with E-state index in [0.717, 1.165) is 24.1 Å². The molecule has 0 bridgehead atoms. The van der Waals surface area contributed by atoms with Gasteiger partial charge in [-0.05, 0) is 49.4 Å². The fraction of sp³-hybridized carbons (Fsp3) is 0.286. The van der Waals surface area contributed by atoms with Crippen molar-refractivity contribution in [2.75, 3.05) is 13.4 Å². The van der Waals surface area contributed by atoms with Crippen molar-refractivity contribution in [1.82, 2.24) is 15.2 Å². The van der Waals surface area contributed by atoms with Crippen molar-refractivity contribution in [3.63, 3.8) is 0 Å². The van der Waals surface area contributed by atoms with E-state index in [0.29, 0.717) is 22.6 Å². The molecule has 2 aromatic heterocycles. The average Bonchev–Trinajstić information content (AvgIpc) is 3.54. The third-order valence-electron chi connectivity index (χ3n) is 4.66. The molecule has 0 aliphatic heterocycles. The molecule has 0 saturated heterocycles. The highest BCUT2D eigenvalue weighted by molar-refractivity contribution is 7.98. The zero-order valence-electron chi connectivity index (χ0n) is 16.4. The second-order valence-electron chi connectivity index (χ2n) is 6.67. The van der Waals surface area contributed by atoms with Crippen molar-refractivity contribution in [3.8, 4) is 23.3 Å². The van der Waals surface area contributed by atoms with Crippen molar-refractivity contribution >= 4 is 17.7 Å². The van der Waals surface area contributed by atoms with Crippen LogP contribution in [0.25, 0.3) is 11.5 Å². The fourth-order valence-electron chi connectivity index (χ4n) is 2.91. The lowest BCUT2D eigenvalue weighted by Crippen LogP contribution is -2.10. The van der Waals surface area contributed by atoms with Crippen LogP contribution in [0.2, 0.25) is 0 Å². The number of aromatic nitrogens is 3. The minimum Gasteiger partial charge on any atom is -0.497 e. The molecular formula is C21H18N4O4S.